The van der Waals surface area contributed by atoms with Gasteiger partial charge in [-0.3, -0.25) is 4.79 Å². The zero-order chi connectivity index (χ0) is 21.0. The second-order valence-electron chi connectivity index (χ2n) is 6.75. The van der Waals surface area contributed by atoms with Crippen molar-refractivity contribution in [3.05, 3.63) is 45.7 Å². The van der Waals surface area contributed by atoms with E-state index in [-0.39, 0.29) is 5.91 Å². The molecule has 6 nitrogen and oxygen atoms in total. The van der Waals surface area contributed by atoms with E-state index < -0.39 is 0 Å². The molecule has 0 saturated heterocycles. The van der Waals surface area contributed by atoms with E-state index in [2.05, 4.69) is 15.3 Å². The summed E-state index contributed by atoms with van der Waals surface area (Å²) in [6.45, 7) is 11.4. The predicted octanol–water partition coefficient (Wildman–Crippen LogP) is 4.39. The summed E-state index contributed by atoms with van der Waals surface area (Å²) in [6, 6.07) is 5.91. The summed E-state index contributed by atoms with van der Waals surface area (Å²) >= 11 is 1.42. The summed E-state index contributed by atoms with van der Waals surface area (Å²) in [5.74, 6) is 2.14. The maximum absolute atomic E-state index is 12.7. The van der Waals surface area contributed by atoms with Gasteiger partial charge in [0, 0.05) is 17.6 Å². The summed E-state index contributed by atoms with van der Waals surface area (Å²) < 4.78 is 11.3. The van der Waals surface area contributed by atoms with Gasteiger partial charge in [-0.2, -0.15) is 0 Å². The summed E-state index contributed by atoms with van der Waals surface area (Å²) in [6.07, 6.45) is 0.708. The largest absolute Gasteiger partial charge is 0.490 e. The second-order valence-corrected chi connectivity index (χ2v) is 7.74. The lowest BCUT2D eigenvalue weighted by Crippen LogP contribution is -2.25. The summed E-state index contributed by atoms with van der Waals surface area (Å²) in [7, 11) is 0. The highest BCUT2D eigenvalue weighted by Gasteiger charge is 2.18. The highest BCUT2D eigenvalue weighted by molar-refractivity contribution is 7.20. The van der Waals surface area contributed by atoms with E-state index >= 15 is 0 Å². The van der Waals surface area contributed by atoms with E-state index in [0.29, 0.717) is 31.1 Å². The standard InChI is InChI=1S/C22H27N3O3S/c1-6-27-17-9-8-16(12-18(17)28-7-2)10-11-23-21(26)20-13(3)19-14(4)24-15(5)25-22(19)29-20/h8-9,12H,6-7,10-11H2,1-5H3,(H,23,26). The molecule has 154 valence electrons. The second kappa shape index (κ2) is 9.22. The number of carbonyl (C=O) groups excluding carboxylic acids is 1. The Kier molecular flexibility index (Phi) is 6.69. The number of nitrogens with one attached hydrogen (secondary N) is 1. The summed E-state index contributed by atoms with van der Waals surface area (Å²) in [4.78, 5) is 23.2. The molecule has 0 unspecified atom stereocenters. The van der Waals surface area contributed by atoms with Gasteiger partial charge in [0.15, 0.2) is 11.5 Å². The zero-order valence-corrected chi connectivity index (χ0v) is 18.4. The molecule has 3 aromatic rings. The van der Waals surface area contributed by atoms with Crippen LogP contribution in [0.1, 0.15) is 46.2 Å². The third kappa shape index (κ3) is 4.67. The van der Waals surface area contributed by atoms with Gasteiger partial charge in [-0.15, -0.1) is 11.3 Å². The molecular formula is C22H27N3O3S. The number of nitrogens with zero attached hydrogens (tertiary/aromatic N) is 2. The van der Waals surface area contributed by atoms with Gasteiger partial charge in [0.1, 0.15) is 10.7 Å². The first-order valence-corrected chi connectivity index (χ1v) is 10.7. The highest BCUT2D eigenvalue weighted by Crippen LogP contribution is 2.31. The molecule has 0 spiro atoms. The fraction of sp³-hybridized carbons (Fsp3) is 0.409. The van der Waals surface area contributed by atoms with Gasteiger partial charge < -0.3 is 14.8 Å². The Morgan fingerprint density at radius 1 is 1.07 bits per heavy atom. The Hall–Kier alpha value is -2.67. The van der Waals surface area contributed by atoms with Crippen LogP contribution >= 0.6 is 11.3 Å². The molecule has 0 bridgehead atoms. The lowest BCUT2D eigenvalue weighted by Gasteiger charge is -2.12. The number of rotatable bonds is 8. The predicted molar refractivity (Wildman–Crippen MR) is 116 cm³/mol. The fourth-order valence-corrected chi connectivity index (χ4v) is 4.54. The molecule has 2 aromatic heterocycles. The van der Waals surface area contributed by atoms with Crippen LogP contribution in [0.2, 0.25) is 0 Å². The number of benzene rings is 1. The van der Waals surface area contributed by atoms with E-state index in [1.54, 1.807) is 0 Å². The monoisotopic (exact) mass is 413 g/mol. The van der Waals surface area contributed by atoms with Gasteiger partial charge in [0.25, 0.3) is 5.91 Å². The fourth-order valence-electron chi connectivity index (χ4n) is 3.34. The lowest BCUT2D eigenvalue weighted by molar-refractivity contribution is 0.0957. The van der Waals surface area contributed by atoms with Crippen LogP contribution in [0, 0.1) is 20.8 Å². The van der Waals surface area contributed by atoms with Crippen LogP contribution in [0.3, 0.4) is 0 Å². The number of hydrogen-bond acceptors (Lipinski definition) is 6. The van der Waals surface area contributed by atoms with Crippen LogP contribution in [0.4, 0.5) is 0 Å². The average molecular weight is 414 g/mol. The first-order chi connectivity index (χ1) is 13.9. The molecule has 1 amide bonds. The smallest absolute Gasteiger partial charge is 0.261 e. The molecule has 0 aliphatic rings. The minimum Gasteiger partial charge on any atom is -0.490 e. The van der Waals surface area contributed by atoms with Crippen molar-refractivity contribution in [1.82, 2.24) is 15.3 Å². The van der Waals surface area contributed by atoms with Crippen molar-refractivity contribution in [2.24, 2.45) is 0 Å². The van der Waals surface area contributed by atoms with Crippen molar-refractivity contribution in [2.75, 3.05) is 19.8 Å². The molecule has 0 aliphatic carbocycles. The van der Waals surface area contributed by atoms with Gasteiger partial charge >= 0.3 is 0 Å². The molecule has 1 N–H and O–H groups in total. The molecule has 2 heterocycles. The highest BCUT2D eigenvalue weighted by atomic mass is 32.1. The van der Waals surface area contributed by atoms with Crippen LogP contribution < -0.4 is 14.8 Å². The third-order valence-corrected chi connectivity index (χ3v) is 5.78. The van der Waals surface area contributed by atoms with E-state index in [1.807, 2.05) is 52.8 Å². The molecule has 0 saturated carbocycles. The number of carbonyl (C=O) groups is 1. The molecular weight excluding hydrogens is 386 g/mol. The number of ether oxygens (including phenoxy) is 2. The minimum atomic E-state index is -0.0708. The first kappa shape index (κ1) is 21.0. The van der Waals surface area contributed by atoms with Crippen LogP contribution in [0.25, 0.3) is 10.2 Å². The molecule has 0 radical (unpaired) electrons. The van der Waals surface area contributed by atoms with Crippen molar-refractivity contribution < 1.29 is 14.3 Å². The summed E-state index contributed by atoms with van der Waals surface area (Å²) in [5.41, 5.74) is 2.94. The van der Waals surface area contributed by atoms with Gasteiger partial charge in [-0.05, 0) is 64.3 Å². The van der Waals surface area contributed by atoms with Crippen molar-refractivity contribution in [3.63, 3.8) is 0 Å². The number of fused-ring (bicyclic) bond motifs is 1. The van der Waals surface area contributed by atoms with Crippen molar-refractivity contribution in [2.45, 2.75) is 41.0 Å². The zero-order valence-electron chi connectivity index (χ0n) is 17.6. The van der Waals surface area contributed by atoms with Gasteiger partial charge in [-0.1, -0.05) is 6.07 Å². The van der Waals surface area contributed by atoms with Crippen LogP contribution in [0.5, 0.6) is 11.5 Å². The minimum absolute atomic E-state index is 0.0708. The average Bonchev–Trinajstić information content (AvgIpc) is 3.00. The summed E-state index contributed by atoms with van der Waals surface area (Å²) in [5, 5.41) is 4.01. The number of aromatic nitrogens is 2. The molecule has 3 rings (SSSR count). The SMILES string of the molecule is CCOc1ccc(CCNC(=O)c2sc3nc(C)nc(C)c3c2C)cc1OCC. The third-order valence-electron chi connectivity index (χ3n) is 4.60. The van der Waals surface area contributed by atoms with Crippen LogP contribution in [-0.2, 0) is 6.42 Å². The van der Waals surface area contributed by atoms with Crippen LogP contribution in [-0.4, -0.2) is 35.6 Å². The molecule has 29 heavy (non-hydrogen) atoms. The van der Waals surface area contributed by atoms with E-state index in [1.165, 1.54) is 11.3 Å². The Morgan fingerprint density at radius 3 is 2.52 bits per heavy atom. The van der Waals surface area contributed by atoms with Crippen LogP contribution in [0.15, 0.2) is 18.2 Å². The van der Waals surface area contributed by atoms with E-state index in [9.17, 15) is 4.79 Å². The van der Waals surface area contributed by atoms with Gasteiger partial charge in [-0.25, -0.2) is 9.97 Å². The Morgan fingerprint density at radius 2 is 1.79 bits per heavy atom. The van der Waals surface area contributed by atoms with E-state index in [0.717, 1.165) is 44.4 Å². The first-order valence-electron chi connectivity index (χ1n) is 9.85. The topological polar surface area (TPSA) is 73.3 Å². The molecule has 0 aliphatic heterocycles. The maximum Gasteiger partial charge on any atom is 0.261 e. The Bertz CT molecular complexity index is 1030. The maximum atomic E-state index is 12.7. The Balaban J connectivity index is 1.69. The van der Waals surface area contributed by atoms with Crippen molar-refractivity contribution in [3.8, 4) is 11.5 Å². The number of aryl methyl sites for hydroxylation is 3. The molecule has 0 fully saturated rings. The quantitative estimate of drug-likeness (QED) is 0.593. The molecule has 7 heteroatoms. The number of amides is 1. The van der Waals surface area contributed by atoms with Gasteiger partial charge in [0.05, 0.1) is 18.1 Å². The van der Waals surface area contributed by atoms with Gasteiger partial charge in [0.2, 0.25) is 0 Å². The lowest BCUT2D eigenvalue weighted by atomic mass is 10.1. The number of hydrogen-bond donors (Lipinski definition) is 1. The molecule has 1 aromatic carbocycles. The van der Waals surface area contributed by atoms with E-state index in [4.69, 9.17) is 9.47 Å². The number of thiophene rings is 1. The van der Waals surface area contributed by atoms with Crippen molar-refractivity contribution >= 4 is 27.5 Å². The Labute approximate surface area is 175 Å². The molecule has 0 atom stereocenters. The van der Waals surface area contributed by atoms with Crippen molar-refractivity contribution in [1.29, 1.82) is 0 Å². The normalized spacial score (nSPS) is 10.9.